The third-order valence-electron chi connectivity index (χ3n) is 4.02. The molecule has 11 heteroatoms. The van der Waals surface area contributed by atoms with E-state index in [1.807, 2.05) is 6.07 Å². The molecule has 6 nitrogen and oxygen atoms in total. The number of alkyl halides is 3. The third kappa shape index (κ3) is 5.22. The van der Waals surface area contributed by atoms with Crippen molar-refractivity contribution in [3.8, 4) is 6.07 Å². The van der Waals surface area contributed by atoms with Gasteiger partial charge in [0.1, 0.15) is 5.82 Å². The van der Waals surface area contributed by atoms with E-state index in [4.69, 9.17) is 16.9 Å². The van der Waals surface area contributed by atoms with Gasteiger partial charge in [-0.05, 0) is 18.9 Å². The van der Waals surface area contributed by atoms with Gasteiger partial charge in [-0.2, -0.15) is 22.7 Å². The van der Waals surface area contributed by atoms with E-state index in [1.165, 1.54) is 4.31 Å². The van der Waals surface area contributed by atoms with Gasteiger partial charge in [0.05, 0.1) is 22.4 Å². The molecule has 0 unspecified atom stereocenters. The minimum Gasteiger partial charge on any atom is -0.353 e. The molecule has 144 valence electrons. The largest absolute Gasteiger partial charge is 0.417 e. The number of sulfonamides is 1. The molecule has 0 amide bonds. The molecular formula is C15H18ClF3N4O2S. The lowest BCUT2D eigenvalue weighted by Crippen LogP contribution is -2.49. The van der Waals surface area contributed by atoms with Crippen LogP contribution in [-0.2, 0) is 16.2 Å². The minimum absolute atomic E-state index is 0.0199. The van der Waals surface area contributed by atoms with Crippen molar-refractivity contribution >= 4 is 27.4 Å². The summed E-state index contributed by atoms with van der Waals surface area (Å²) in [6.45, 7) is 0.990. The van der Waals surface area contributed by atoms with Crippen LogP contribution in [0.15, 0.2) is 12.3 Å². The number of anilines is 1. The maximum atomic E-state index is 12.7. The summed E-state index contributed by atoms with van der Waals surface area (Å²) in [7, 11) is -3.41. The number of nitrogens with zero attached hydrogens (tertiary/aromatic N) is 4. The summed E-state index contributed by atoms with van der Waals surface area (Å²) in [6, 6.07) is 2.79. The van der Waals surface area contributed by atoms with E-state index in [9.17, 15) is 21.6 Å². The summed E-state index contributed by atoms with van der Waals surface area (Å²) in [6.07, 6.45) is -2.53. The molecule has 0 radical (unpaired) electrons. The number of unbranched alkanes of at least 4 members (excludes halogenated alkanes) is 2. The Balaban J connectivity index is 1.97. The molecule has 0 saturated carbocycles. The number of piperazine rings is 1. The Morgan fingerprint density at radius 3 is 2.42 bits per heavy atom. The second kappa shape index (κ2) is 8.41. The van der Waals surface area contributed by atoms with Crippen LogP contribution >= 0.6 is 11.6 Å². The highest BCUT2D eigenvalue weighted by Gasteiger charge is 2.33. The Hall–Kier alpha value is -1.57. The van der Waals surface area contributed by atoms with Gasteiger partial charge in [0, 0.05) is 38.8 Å². The predicted molar refractivity (Wildman–Crippen MR) is 91.3 cm³/mol. The minimum atomic E-state index is -4.52. The molecular weight excluding hydrogens is 393 g/mol. The fourth-order valence-electron chi connectivity index (χ4n) is 2.61. The Kier molecular flexibility index (Phi) is 6.71. The Morgan fingerprint density at radius 1 is 1.23 bits per heavy atom. The van der Waals surface area contributed by atoms with Gasteiger partial charge in [-0.15, -0.1) is 0 Å². The van der Waals surface area contributed by atoms with Crippen LogP contribution in [0.3, 0.4) is 0 Å². The molecule has 1 fully saturated rings. The first kappa shape index (κ1) is 20.7. The van der Waals surface area contributed by atoms with Gasteiger partial charge in [-0.25, -0.2) is 13.4 Å². The zero-order valence-electron chi connectivity index (χ0n) is 13.8. The lowest BCUT2D eigenvalue weighted by molar-refractivity contribution is -0.137. The van der Waals surface area contributed by atoms with Gasteiger partial charge in [0.25, 0.3) is 0 Å². The number of hydrogen-bond acceptors (Lipinski definition) is 5. The molecule has 1 saturated heterocycles. The van der Waals surface area contributed by atoms with Crippen LogP contribution in [0.25, 0.3) is 0 Å². The van der Waals surface area contributed by atoms with E-state index in [2.05, 4.69) is 4.98 Å². The smallest absolute Gasteiger partial charge is 0.353 e. The molecule has 1 aliphatic rings. The van der Waals surface area contributed by atoms with E-state index in [0.29, 0.717) is 19.3 Å². The molecule has 0 N–H and O–H groups in total. The van der Waals surface area contributed by atoms with Crippen LogP contribution < -0.4 is 4.90 Å². The molecule has 0 aliphatic carbocycles. The van der Waals surface area contributed by atoms with Crippen LogP contribution in [0.2, 0.25) is 5.02 Å². The molecule has 0 bridgehead atoms. The average Bonchev–Trinajstić information content (AvgIpc) is 2.58. The maximum absolute atomic E-state index is 12.7. The summed E-state index contributed by atoms with van der Waals surface area (Å²) in [5, 5.41) is 8.35. The van der Waals surface area contributed by atoms with Gasteiger partial charge in [0.2, 0.25) is 10.0 Å². The fourth-order valence-corrected chi connectivity index (χ4v) is 4.45. The van der Waals surface area contributed by atoms with Crippen LogP contribution in [0.4, 0.5) is 19.0 Å². The molecule has 1 aromatic rings. The SMILES string of the molecule is N#CCCCCS(=O)(=O)N1CCN(c2ncc(C(F)(F)F)cc2Cl)CC1. The van der Waals surface area contributed by atoms with Crippen LogP contribution in [-0.4, -0.2) is 49.6 Å². The quantitative estimate of drug-likeness (QED) is 0.674. The van der Waals surface area contributed by atoms with Crippen molar-refractivity contribution < 1.29 is 21.6 Å². The predicted octanol–water partition coefficient (Wildman–Crippen LogP) is 2.90. The summed E-state index contributed by atoms with van der Waals surface area (Å²) < 4.78 is 63.9. The average molecular weight is 411 g/mol. The second-order valence-corrected chi connectivity index (χ2v) is 8.34. The van der Waals surface area contributed by atoms with Crippen molar-refractivity contribution in [2.24, 2.45) is 0 Å². The van der Waals surface area contributed by atoms with Crippen molar-refractivity contribution in [3.05, 3.63) is 22.8 Å². The Labute approximate surface area is 155 Å². The molecule has 0 spiro atoms. The number of aromatic nitrogens is 1. The first-order valence-electron chi connectivity index (χ1n) is 7.97. The monoisotopic (exact) mass is 410 g/mol. The normalized spacial score (nSPS) is 16.5. The van der Waals surface area contributed by atoms with E-state index >= 15 is 0 Å². The van der Waals surface area contributed by atoms with Crippen molar-refractivity contribution in [2.75, 3.05) is 36.8 Å². The van der Waals surface area contributed by atoms with E-state index in [-0.39, 0.29) is 42.8 Å². The summed E-state index contributed by atoms with van der Waals surface area (Å²) in [4.78, 5) is 5.47. The summed E-state index contributed by atoms with van der Waals surface area (Å²) >= 11 is 5.93. The maximum Gasteiger partial charge on any atom is 0.417 e. The van der Waals surface area contributed by atoms with Crippen LogP contribution in [0.5, 0.6) is 0 Å². The third-order valence-corrected chi connectivity index (χ3v) is 6.26. The Bertz CT molecular complexity index is 772. The van der Waals surface area contributed by atoms with Gasteiger partial charge >= 0.3 is 6.18 Å². The highest BCUT2D eigenvalue weighted by atomic mass is 35.5. The van der Waals surface area contributed by atoms with E-state index < -0.39 is 21.8 Å². The van der Waals surface area contributed by atoms with Gasteiger partial charge in [-0.1, -0.05) is 11.6 Å². The van der Waals surface area contributed by atoms with Crippen molar-refractivity contribution in [3.63, 3.8) is 0 Å². The van der Waals surface area contributed by atoms with Crippen LogP contribution in [0, 0.1) is 11.3 Å². The molecule has 26 heavy (non-hydrogen) atoms. The number of nitriles is 1. The van der Waals surface area contributed by atoms with Gasteiger partial charge in [0.15, 0.2) is 0 Å². The first-order chi connectivity index (χ1) is 12.1. The number of halogens is 4. The van der Waals surface area contributed by atoms with Gasteiger partial charge in [-0.3, -0.25) is 0 Å². The number of rotatable bonds is 6. The van der Waals surface area contributed by atoms with Gasteiger partial charge < -0.3 is 4.90 Å². The zero-order chi connectivity index (χ0) is 19.4. The van der Waals surface area contributed by atoms with E-state index in [1.54, 1.807) is 4.90 Å². The lowest BCUT2D eigenvalue weighted by atomic mass is 10.2. The highest BCUT2D eigenvalue weighted by molar-refractivity contribution is 7.89. The van der Waals surface area contributed by atoms with Crippen molar-refractivity contribution in [1.82, 2.24) is 9.29 Å². The lowest BCUT2D eigenvalue weighted by Gasteiger charge is -2.35. The van der Waals surface area contributed by atoms with Crippen molar-refractivity contribution in [2.45, 2.75) is 25.4 Å². The van der Waals surface area contributed by atoms with Crippen molar-refractivity contribution in [1.29, 1.82) is 5.26 Å². The summed E-state index contributed by atoms with van der Waals surface area (Å²) in [5.41, 5.74) is -0.926. The second-order valence-electron chi connectivity index (χ2n) is 5.84. The fraction of sp³-hybridized carbons (Fsp3) is 0.600. The molecule has 2 heterocycles. The molecule has 1 aromatic heterocycles. The zero-order valence-corrected chi connectivity index (χ0v) is 15.4. The Morgan fingerprint density at radius 2 is 1.88 bits per heavy atom. The first-order valence-corrected chi connectivity index (χ1v) is 9.96. The number of hydrogen-bond donors (Lipinski definition) is 0. The summed E-state index contributed by atoms with van der Waals surface area (Å²) in [5.74, 6) is 0.194. The highest BCUT2D eigenvalue weighted by Crippen LogP contribution is 2.33. The molecule has 1 aliphatic heterocycles. The molecule has 0 atom stereocenters. The topological polar surface area (TPSA) is 77.3 Å². The van der Waals surface area contributed by atoms with E-state index in [0.717, 1.165) is 12.3 Å². The number of pyridine rings is 1. The van der Waals surface area contributed by atoms with Crippen LogP contribution in [0.1, 0.15) is 24.8 Å². The standard InChI is InChI=1S/C15H18ClF3N4O2S/c16-13-10-12(15(17,18)19)11-21-14(13)22-5-7-23(8-6-22)26(24,25)9-3-1-2-4-20/h10-11H,1-3,5-9H2. The molecule has 0 aromatic carbocycles. The molecule has 2 rings (SSSR count).